The lowest BCUT2D eigenvalue weighted by molar-refractivity contribution is -0.126. The first-order chi connectivity index (χ1) is 18.3. The van der Waals surface area contributed by atoms with Gasteiger partial charge >= 0.3 is 0 Å². The summed E-state index contributed by atoms with van der Waals surface area (Å²) in [7, 11) is 3.13. The van der Waals surface area contributed by atoms with E-state index in [0.717, 1.165) is 5.75 Å². The third-order valence-electron chi connectivity index (χ3n) is 6.66. The molecular formula is C28H27NO7S2. The molecule has 0 aromatic heterocycles. The van der Waals surface area contributed by atoms with Crippen LogP contribution in [0.5, 0.6) is 11.5 Å². The molecule has 0 bridgehead atoms. The van der Waals surface area contributed by atoms with E-state index in [-0.39, 0.29) is 64.5 Å². The number of allylic oxidation sites excluding steroid dienone is 2. The highest BCUT2D eigenvalue weighted by Crippen LogP contribution is 2.47. The number of aromatic hydroxyl groups is 2. The first-order valence-electron chi connectivity index (χ1n) is 12.1. The Hall–Kier alpha value is -3.34. The zero-order chi connectivity index (χ0) is 27.4. The molecule has 0 saturated carbocycles. The van der Waals surface area contributed by atoms with Gasteiger partial charge in [0.1, 0.15) is 18.1 Å². The molecule has 0 saturated heterocycles. The lowest BCUT2D eigenvalue weighted by Gasteiger charge is -2.29. The van der Waals surface area contributed by atoms with Crippen molar-refractivity contribution < 1.29 is 34.5 Å². The minimum absolute atomic E-state index is 0.00711. The van der Waals surface area contributed by atoms with E-state index in [4.69, 9.17) is 0 Å². The predicted molar refractivity (Wildman–Crippen MR) is 148 cm³/mol. The van der Waals surface area contributed by atoms with Gasteiger partial charge in [-0.2, -0.15) is 0 Å². The van der Waals surface area contributed by atoms with Crippen molar-refractivity contribution >= 4 is 50.5 Å². The Kier molecular flexibility index (Phi) is 8.76. The number of carbonyl (C=O) groups excluding carboxylic acids is 4. The van der Waals surface area contributed by atoms with E-state index in [2.05, 4.69) is 11.9 Å². The number of nitrogens with one attached hydrogen (secondary N) is 1. The van der Waals surface area contributed by atoms with Crippen LogP contribution in [0, 0.1) is 5.92 Å². The number of benzene rings is 2. The molecule has 0 unspecified atom stereocenters. The zero-order valence-electron chi connectivity index (χ0n) is 20.5. The summed E-state index contributed by atoms with van der Waals surface area (Å²) in [5, 5.41) is 34.1. The highest BCUT2D eigenvalue weighted by Gasteiger charge is 2.40. The number of aliphatic hydroxyl groups is 1. The molecule has 4 N–H and O–H groups in total. The molecule has 1 amide bonds. The summed E-state index contributed by atoms with van der Waals surface area (Å²) in [6.45, 7) is 2.97. The fraction of sp³-hybridized carbons (Fsp3) is 0.286. The molecule has 38 heavy (non-hydrogen) atoms. The number of phenols is 2. The molecule has 198 valence electrons. The number of hydrogen-bond donors (Lipinski definition) is 4. The van der Waals surface area contributed by atoms with Crippen LogP contribution in [-0.2, 0) is 22.4 Å². The van der Waals surface area contributed by atoms with Gasteiger partial charge in [0.2, 0.25) is 5.91 Å². The van der Waals surface area contributed by atoms with Gasteiger partial charge < -0.3 is 20.6 Å². The summed E-state index contributed by atoms with van der Waals surface area (Å²) in [4.78, 5) is 51.8. The van der Waals surface area contributed by atoms with Crippen LogP contribution < -0.4 is 5.32 Å². The van der Waals surface area contributed by atoms with E-state index >= 15 is 0 Å². The van der Waals surface area contributed by atoms with E-state index in [1.807, 2.05) is 12.2 Å². The Morgan fingerprint density at radius 3 is 2.53 bits per heavy atom. The second-order valence-corrected chi connectivity index (χ2v) is 11.6. The van der Waals surface area contributed by atoms with Gasteiger partial charge in [0.25, 0.3) is 0 Å². The molecule has 10 heteroatoms. The predicted octanol–water partition coefficient (Wildman–Crippen LogP) is 3.99. The Balaban J connectivity index is 1.60. The van der Waals surface area contributed by atoms with Crippen LogP contribution in [-0.4, -0.2) is 56.7 Å². The SMILES string of the molecule is C=C/C=C\CSSCCC(=O)Nc1cccc2c1C(=O)c1c(O)c3c(c(O)c1C2=O)C[C@@H](C(=O)CO)CC3. The monoisotopic (exact) mass is 553 g/mol. The van der Waals surface area contributed by atoms with Gasteiger partial charge in [-0.3, -0.25) is 19.2 Å². The molecule has 0 fully saturated rings. The molecule has 2 aromatic rings. The maximum atomic E-state index is 13.6. The van der Waals surface area contributed by atoms with Gasteiger partial charge in [-0.05, 0) is 25.3 Å². The van der Waals surface area contributed by atoms with Crippen molar-refractivity contribution in [3.05, 3.63) is 76.4 Å². The fourth-order valence-corrected chi connectivity index (χ4v) is 6.62. The Morgan fingerprint density at radius 2 is 1.79 bits per heavy atom. The number of hydrogen-bond acceptors (Lipinski definition) is 9. The van der Waals surface area contributed by atoms with Gasteiger partial charge in [-0.15, -0.1) is 0 Å². The number of anilines is 1. The third-order valence-corrected chi connectivity index (χ3v) is 8.93. The minimum Gasteiger partial charge on any atom is -0.507 e. The van der Waals surface area contributed by atoms with Crippen LogP contribution in [0.4, 0.5) is 5.69 Å². The highest BCUT2D eigenvalue weighted by molar-refractivity contribution is 8.76. The fourth-order valence-electron chi connectivity index (χ4n) is 4.82. The van der Waals surface area contributed by atoms with Crippen molar-refractivity contribution in [2.75, 3.05) is 23.4 Å². The molecule has 4 rings (SSSR count). The maximum Gasteiger partial charge on any atom is 0.225 e. The Bertz CT molecular complexity index is 1370. The zero-order valence-corrected chi connectivity index (χ0v) is 22.1. The van der Waals surface area contributed by atoms with Crippen LogP contribution in [0.2, 0.25) is 0 Å². The van der Waals surface area contributed by atoms with Crippen LogP contribution in [0.1, 0.15) is 55.8 Å². The molecular weight excluding hydrogens is 526 g/mol. The van der Waals surface area contributed by atoms with Crippen molar-refractivity contribution in [2.24, 2.45) is 5.92 Å². The van der Waals surface area contributed by atoms with E-state index < -0.39 is 35.6 Å². The van der Waals surface area contributed by atoms with Gasteiger partial charge in [0.05, 0.1) is 22.4 Å². The molecule has 2 aromatic carbocycles. The summed E-state index contributed by atoms with van der Waals surface area (Å²) in [6.07, 6.45) is 6.26. The van der Waals surface area contributed by atoms with E-state index in [0.29, 0.717) is 17.7 Å². The number of aliphatic hydroxyl groups excluding tert-OH is 1. The average Bonchev–Trinajstić information content (AvgIpc) is 2.92. The normalized spacial score (nSPS) is 16.1. The van der Waals surface area contributed by atoms with E-state index in [1.54, 1.807) is 16.9 Å². The number of amides is 1. The first-order valence-corrected chi connectivity index (χ1v) is 14.6. The largest absolute Gasteiger partial charge is 0.507 e. The summed E-state index contributed by atoms with van der Waals surface area (Å²) < 4.78 is 0. The second kappa shape index (κ2) is 12.0. The van der Waals surface area contributed by atoms with Gasteiger partial charge in [0.15, 0.2) is 17.3 Å². The van der Waals surface area contributed by atoms with Crippen molar-refractivity contribution in [3.63, 3.8) is 0 Å². The number of carbonyl (C=O) groups is 4. The lowest BCUT2D eigenvalue weighted by atomic mass is 9.74. The smallest absolute Gasteiger partial charge is 0.225 e. The van der Waals surface area contributed by atoms with Gasteiger partial charge in [0, 0.05) is 40.5 Å². The lowest BCUT2D eigenvalue weighted by Crippen LogP contribution is -2.28. The number of Topliss-reactive ketones (excluding diaryl/α,β-unsaturated/α-hetero) is 1. The summed E-state index contributed by atoms with van der Waals surface area (Å²) in [6, 6.07) is 4.49. The minimum atomic E-state index is -0.673. The summed E-state index contributed by atoms with van der Waals surface area (Å²) in [5.41, 5.74) is 0.0791. The second-order valence-electron chi connectivity index (χ2n) is 8.92. The molecule has 8 nitrogen and oxygen atoms in total. The molecule has 0 heterocycles. The summed E-state index contributed by atoms with van der Waals surface area (Å²) >= 11 is 0. The molecule has 0 radical (unpaired) electrons. The molecule has 0 spiro atoms. The number of fused-ring (bicyclic) bond motifs is 3. The van der Waals surface area contributed by atoms with Crippen molar-refractivity contribution in [1.29, 1.82) is 0 Å². The van der Waals surface area contributed by atoms with Crippen LogP contribution in [0.3, 0.4) is 0 Å². The van der Waals surface area contributed by atoms with Gasteiger partial charge in [-0.25, -0.2) is 0 Å². The number of ketones is 3. The molecule has 2 aliphatic carbocycles. The Morgan fingerprint density at radius 1 is 1.05 bits per heavy atom. The molecule has 0 aliphatic heterocycles. The quantitative estimate of drug-likeness (QED) is 0.127. The average molecular weight is 554 g/mol. The Labute approximate surface area is 227 Å². The highest BCUT2D eigenvalue weighted by atomic mass is 33.1. The maximum absolute atomic E-state index is 13.6. The van der Waals surface area contributed by atoms with Crippen LogP contribution >= 0.6 is 21.6 Å². The van der Waals surface area contributed by atoms with Crippen LogP contribution in [0.15, 0.2) is 43.0 Å². The number of phenolic OH excluding ortho intramolecular Hbond substituents is 2. The molecule has 1 atom stereocenters. The third kappa shape index (κ3) is 5.29. The standard InChI is InChI=1S/C28H27NO7S2/c1-2-3-4-11-37-38-12-10-21(32)29-19-7-5-6-17-22(19)28(36)24-23(26(17)34)27(35)18-13-15(20(31)14-30)8-9-16(18)25(24)33/h2-7,15,30,33,35H,1,8-14H2,(H,29,32)/b4-3-/t15-/m0/s1. The van der Waals surface area contributed by atoms with Gasteiger partial charge in [-0.1, -0.05) is 58.5 Å². The van der Waals surface area contributed by atoms with E-state index in [9.17, 15) is 34.5 Å². The topological polar surface area (TPSA) is 141 Å². The van der Waals surface area contributed by atoms with Crippen molar-refractivity contribution in [2.45, 2.75) is 25.7 Å². The molecule has 2 aliphatic rings. The van der Waals surface area contributed by atoms with Crippen molar-refractivity contribution in [1.82, 2.24) is 0 Å². The van der Waals surface area contributed by atoms with Crippen molar-refractivity contribution in [3.8, 4) is 11.5 Å². The summed E-state index contributed by atoms with van der Waals surface area (Å²) in [5.74, 6) is -2.10. The van der Waals surface area contributed by atoms with E-state index in [1.165, 1.54) is 29.0 Å². The number of rotatable bonds is 10. The van der Waals surface area contributed by atoms with Crippen LogP contribution in [0.25, 0.3) is 0 Å². The first kappa shape index (κ1) is 27.7.